The molecule has 0 aromatic carbocycles. The normalized spacial score (nSPS) is 10.1. The number of unbranched alkanes of at least 4 members (excludes halogenated alkanes) is 1. The lowest BCUT2D eigenvalue weighted by Gasteiger charge is -2.06. The van der Waals surface area contributed by atoms with Gasteiger partial charge in [0.1, 0.15) is 10.8 Å². The number of nitrogens with zero attached hydrogens (tertiary/aromatic N) is 2. The fraction of sp³-hybridized carbons (Fsp3) is 0.500. The third-order valence-electron chi connectivity index (χ3n) is 1.64. The molecule has 1 aromatic rings. The Labute approximate surface area is 87.3 Å². The Balaban J connectivity index is 2.45. The molecule has 0 saturated carbocycles. The number of nitrogens with two attached hydrogens (primary N) is 1. The molecule has 78 valence electrons. The average molecular weight is 217 g/mol. The molecule has 1 heterocycles. The first kappa shape index (κ1) is 11.0. The van der Waals surface area contributed by atoms with Crippen molar-refractivity contribution in [2.75, 3.05) is 24.2 Å². The van der Waals surface area contributed by atoms with Gasteiger partial charge in [-0.25, -0.2) is 4.98 Å². The Kier molecular flexibility index (Phi) is 4.42. The SMILES string of the molecule is Nc1ncc(Cl)c(NCCCCO)n1. The summed E-state index contributed by atoms with van der Waals surface area (Å²) >= 11 is 5.82. The lowest BCUT2D eigenvalue weighted by molar-refractivity contribution is 0.286. The molecule has 4 N–H and O–H groups in total. The number of hydrogen-bond acceptors (Lipinski definition) is 5. The summed E-state index contributed by atoms with van der Waals surface area (Å²) in [5, 5.41) is 12.0. The molecule has 0 spiro atoms. The Morgan fingerprint density at radius 3 is 3.00 bits per heavy atom. The molecule has 0 radical (unpaired) electrons. The van der Waals surface area contributed by atoms with Gasteiger partial charge in [-0.3, -0.25) is 0 Å². The molecule has 6 heteroatoms. The van der Waals surface area contributed by atoms with E-state index in [4.69, 9.17) is 22.4 Å². The molecule has 0 fully saturated rings. The number of aromatic nitrogens is 2. The highest BCUT2D eigenvalue weighted by molar-refractivity contribution is 6.32. The number of aliphatic hydroxyl groups is 1. The van der Waals surface area contributed by atoms with E-state index in [9.17, 15) is 0 Å². The Morgan fingerprint density at radius 2 is 2.29 bits per heavy atom. The maximum atomic E-state index is 8.56. The van der Waals surface area contributed by atoms with Crippen molar-refractivity contribution in [1.82, 2.24) is 9.97 Å². The predicted octanol–water partition coefficient (Wildman–Crippen LogP) is 0.897. The van der Waals surface area contributed by atoms with E-state index in [1.54, 1.807) is 0 Å². The zero-order valence-corrected chi connectivity index (χ0v) is 8.46. The molecule has 5 nitrogen and oxygen atoms in total. The largest absolute Gasteiger partial charge is 0.396 e. The first-order valence-corrected chi connectivity index (χ1v) is 4.74. The van der Waals surface area contributed by atoms with Crippen molar-refractivity contribution in [3.63, 3.8) is 0 Å². The summed E-state index contributed by atoms with van der Waals surface area (Å²) in [4.78, 5) is 7.67. The standard InChI is InChI=1S/C8H13ClN4O/c9-6-5-12-8(10)13-7(6)11-3-1-2-4-14/h5,14H,1-4H2,(H3,10,11,12,13). The van der Waals surface area contributed by atoms with E-state index >= 15 is 0 Å². The molecule has 1 rings (SSSR count). The molecule has 0 aliphatic carbocycles. The Hall–Kier alpha value is -1.07. The molecule has 0 aliphatic rings. The second kappa shape index (κ2) is 5.62. The quantitative estimate of drug-likeness (QED) is 0.637. The van der Waals surface area contributed by atoms with Gasteiger partial charge in [0.15, 0.2) is 0 Å². The van der Waals surface area contributed by atoms with Crippen molar-refractivity contribution in [2.45, 2.75) is 12.8 Å². The number of rotatable bonds is 5. The van der Waals surface area contributed by atoms with E-state index in [1.165, 1.54) is 6.20 Å². The van der Waals surface area contributed by atoms with Crippen LogP contribution in [0.1, 0.15) is 12.8 Å². The summed E-state index contributed by atoms with van der Waals surface area (Å²) in [6.45, 7) is 0.901. The van der Waals surface area contributed by atoms with Crippen molar-refractivity contribution >= 4 is 23.4 Å². The maximum absolute atomic E-state index is 8.56. The van der Waals surface area contributed by atoms with Gasteiger partial charge in [-0.05, 0) is 12.8 Å². The van der Waals surface area contributed by atoms with Gasteiger partial charge in [-0.1, -0.05) is 11.6 Å². The van der Waals surface area contributed by atoms with Gasteiger partial charge in [-0.2, -0.15) is 4.98 Å². The minimum absolute atomic E-state index is 0.194. The smallest absolute Gasteiger partial charge is 0.222 e. The van der Waals surface area contributed by atoms with Crippen LogP contribution in [-0.2, 0) is 0 Å². The van der Waals surface area contributed by atoms with Crippen molar-refractivity contribution in [2.24, 2.45) is 0 Å². The molecule has 1 aromatic heterocycles. The van der Waals surface area contributed by atoms with E-state index < -0.39 is 0 Å². The van der Waals surface area contributed by atoms with Crippen molar-refractivity contribution in [3.8, 4) is 0 Å². The van der Waals surface area contributed by atoms with Gasteiger partial charge in [0.2, 0.25) is 5.95 Å². The minimum Gasteiger partial charge on any atom is -0.396 e. The van der Waals surface area contributed by atoms with Gasteiger partial charge in [0, 0.05) is 13.2 Å². The summed E-state index contributed by atoms with van der Waals surface area (Å²) in [7, 11) is 0. The van der Waals surface area contributed by atoms with Crippen LogP contribution >= 0.6 is 11.6 Å². The van der Waals surface area contributed by atoms with E-state index in [2.05, 4.69) is 15.3 Å². The summed E-state index contributed by atoms with van der Waals surface area (Å²) in [5.74, 6) is 0.733. The van der Waals surface area contributed by atoms with Gasteiger partial charge < -0.3 is 16.2 Å². The molecule has 0 atom stereocenters. The highest BCUT2D eigenvalue weighted by atomic mass is 35.5. The molecule has 0 unspecified atom stereocenters. The number of nitrogen functional groups attached to an aromatic ring is 1. The van der Waals surface area contributed by atoms with Gasteiger partial charge in [0.25, 0.3) is 0 Å². The summed E-state index contributed by atoms with van der Waals surface area (Å²) in [6.07, 6.45) is 3.07. The van der Waals surface area contributed by atoms with Crippen molar-refractivity contribution in [3.05, 3.63) is 11.2 Å². The van der Waals surface area contributed by atoms with E-state index in [1.807, 2.05) is 0 Å². The Bertz CT molecular complexity index is 295. The molecule has 14 heavy (non-hydrogen) atoms. The summed E-state index contributed by atoms with van der Waals surface area (Å²) < 4.78 is 0. The second-order valence-electron chi connectivity index (χ2n) is 2.78. The number of nitrogens with one attached hydrogen (secondary N) is 1. The van der Waals surface area contributed by atoms with Crippen LogP contribution in [0.15, 0.2) is 6.20 Å². The number of anilines is 2. The lowest BCUT2D eigenvalue weighted by atomic mass is 10.3. The minimum atomic E-state index is 0.194. The molecule has 0 aliphatic heterocycles. The fourth-order valence-corrected chi connectivity index (χ4v) is 1.11. The fourth-order valence-electron chi connectivity index (χ4n) is 0.948. The number of hydrogen-bond donors (Lipinski definition) is 3. The van der Waals surface area contributed by atoms with Crippen LogP contribution in [0.2, 0.25) is 5.02 Å². The van der Waals surface area contributed by atoms with Crippen LogP contribution < -0.4 is 11.1 Å². The van der Waals surface area contributed by atoms with Crippen LogP contribution in [0.4, 0.5) is 11.8 Å². The van der Waals surface area contributed by atoms with E-state index in [-0.39, 0.29) is 12.6 Å². The van der Waals surface area contributed by atoms with Gasteiger partial charge in [-0.15, -0.1) is 0 Å². The zero-order valence-electron chi connectivity index (χ0n) is 7.70. The first-order chi connectivity index (χ1) is 6.74. The monoisotopic (exact) mass is 216 g/mol. The third-order valence-corrected chi connectivity index (χ3v) is 1.92. The van der Waals surface area contributed by atoms with E-state index in [0.29, 0.717) is 17.4 Å². The second-order valence-corrected chi connectivity index (χ2v) is 3.19. The zero-order chi connectivity index (χ0) is 10.4. The molecular formula is C8H13ClN4O. The predicted molar refractivity (Wildman–Crippen MR) is 56.3 cm³/mol. The Morgan fingerprint density at radius 1 is 1.50 bits per heavy atom. The number of aliphatic hydroxyl groups excluding tert-OH is 1. The summed E-state index contributed by atoms with van der Waals surface area (Å²) in [5.41, 5.74) is 5.40. The topological polar surface area (TPSA) is 84.1 Å². The van der Waals surface area contributed by atoms with Crippen LogP contribution in [0, 0.1) is 0 Å². The average Bonchev–Trinajstić information content (AvgIpc) is 2.18. The number of halogens is 1. The highest BCUT2D eigenvalue weighted by Crippen LogP contribution is 2.17. The van der Waals surface area contributed by atoms with Crippen LogP contribution in [0.25, 0.3) is 0 Å². The van der Waals surface area contributed by atoms with Crippen LogP contribution in [0.5, 0.6) is 0 Å². The van der Waals surface area contributed by atoms with Gasteiger partial charge in [0.05, 0.1) is 6.20 Å². The van der Waals surface area contributed by atoms with Crippen LogP contribution in [0.3, 0.4) is 0 Å². The summed E-state index contributed by atoms with van der Waals surface area (Å²) in [6, 6.07) is 0. The molecular weight excluding hydrogens is 204 g/mol. The molecule has 0 bridgehead atoms. The highest BCUT2D eigenvalue weighted by Gasteiger charge is 2.01. The maximum Gasteiger partial charge on any atom is 0.222 e. The van der Waals surface area contributed by atoms with Crippen LogP contribution in [-0.4, -0.2) is 28.2 Å². The third kappa shape index (κ3) is 3.35. The van der Waals surface area contributed by atoms with Gasteiger partial charge >= 0.3 is 0 Å². The van der Waals surface area contributed by atoms with Crippen molar-refractivity contribution < 1.29 is 5.11 Å². The van der Waals surface area contributed by atoms with E-state index in [0.717, 1.165) is 12.8 Å². The molecule has 0 saturated heterocycles. The molecule has 0 amide bonds. The lowest BCUT2D eigenvalue weighted by Crippen LogP contribution is -2.06. The van der Waals surface area contributed by atoms with Crippen molar-refractivity contribution in [1.29, 1.82) is 0 Å². The first-order valence-electron chi connectivity index (χ1n) is 4.37.